The molecular formula is C15H13N5O. The summed E-state index contributed by atoms with van der Waals surface area (Å²) in [5.74, 6) is 0.933. The molecule has 6 heteroatoms. The minimum absolute atomic E-state index is 0.0915. The summed E-state index contributed by atoms with van der Waals surface area (Å²) in [7, 11) is 0. The maximum Gasteiger partial charge on any atom is 0.265 e. The van der Waals surface area contributed by atoms with Gasteiger partial charge in [-0.2, -0.15) is 0 Å². The van der Waals surface area contributed by atoms with E-state index < -0.39 is 0 Å². The standard InChI is InChI=1S/C15H13N5O/c16-11-7-4-8-12(9-11)21-14-13(18-15(17)20-19-14)10-5-2-1-3-6-10/h1-9H,16H2,(H2,17,18,20). The fourth-order valence-corrected chi connectivity index (χ4v) is 1.87. The minimum atomic E-state index is 0.0915. The maximum absolute atomic E-state index is 5.73. The number of aromatic nitrogens is 3. The molecule has 0 spiro atoms. The minimum Gasteiger partial charge on any atom is -0.436 e. The van der Waals surface area contributed by atoms with Crippen LogP contribution in [0, 0.1) is 0 Å². The molecule has 3 aromatic rings. The Hall–Kier alpha value is -3.15. The van der Waals surface area contributed by atoms with Crippen LogP contribution in [0.1, 0.15) is 0 Å². The van der Waals surface area contributed by atoms with Crippen molar-refractivity contribution < 1.29 is 4.74 Å². The Bertz CT molecular complexity index is 761. The van der Waals surface area contributed by atoms with E-state index in [1.165, 1.54) is 0 Å². The highest BCUT2D eigenvalue weighted by atomic mass is 16.5. The topological polar surface area (TPSA) is 99.9 Å². The Labute approximate surface area is 121 Å². The van der Waals surface area contributed by atoms with Crippen LogP contribution in [0.15, 0.2) is 54.6 Å². The highest BCUT2D eigenvalue weighted by Gasteiger charge is 2.12. The zero-order chi connectivity index (χ0) is 14.7. The van der Waals surface area contributed by atoms with Crippen molar-refractivity contribution in [3.8, 4) is 22.9 Å². The Balaban J connectivity index is 2.03. The molecule has 104 valence electrons. The predicted octanol–water partition coefficient (Wildman–Crippen LogP) is 2.50. The zero-order valence-electron chi connectivity index (χ0n) is 11.1. The number of nitrogens with two attached hydrogens (primary N) is 2. The van der Waals surface area contributed by atoms with E-state index in [0.717, 1.165) is 5.56 Å². The quantitative estimate of drug-likeness (QED) is 0.714. The average Bonchev–Trinajstić information content (AvgIpc) is 2.50. The molecule has 0 amide bonds. The van der Waals surface area contributed by atoms with E-state index in [2.05, 4.69) is 15.2 Å². The van der Waals surface area contributed by atoms with Crippen LogP contribution >= 0.6 is 0 Å². The van der Waals surface area contributed by atoms with Gasteiger partial charge >= 0.3 is 0 Å². The van der Waals surface area contributed by atoms with Gasteiger partial charge in [-0.15, -0.1) is 10.2 Å². The van der Waals surface area contributed by atoms with E-state index in [-0.39, 0.29) is 11.8 Å². The molecule has 0 atom stereocenters. The largest absolute Gasteiger partial charge is 0.436 e. The molecule has 0 radical (unpaired) electrons. The van der Waals surface area contributed by atoms with Crippen molar-refractivity contribution in [2.45, 2.75) is 0 Å². The summed E-state index contributed by atoms with van der Waals surface area (Å²) < 4.78 is 5.73. The van der Waals surface area contributed by atoms with Crippen LogP contribution in [-0.2, 0) is 0 Å². The summed E-state index contributed by atoms with van der Waals surface area (Å²) in [6, 6.07) is 16.6. The van der Waals surface area contributed by atoms with Gasteiger partial charge in [0.1, 0.15) is 11.4 Å². The van der Waals surface area contributed by atoms with E-state index in [4.69, 9.17) is 16.2 Å². The third kappa shape index (κ3) is 2.89. The van der Waals surface area contributed by atoms with Gasteiger partial charge in [-0.05, 0) is 12.1 Å². The third-order valence-electron chi connectivity index (χ3n) is 2.79. The molecule has 2 aromatic carbocycles. The molecule has 1 aromatic heterocycles. The van der Waals surface area contributed by atoms with Gasteiger partial charge in [-0.3, -0.25) is 0 Å². The van der Waals surface area contributed by atoms with E-state index in [1.54, 1.807) is 24.3 Å². The number of rotatable bonds is 3. The van der Waals surface area contributed by atoms with Gasteiger partial charge in [0.2, 0.25) is 5.95 Å². The van der Waals surface area contributed by atoms with Crippen LogP contribution in [0.5, 0.6) is 11.6 Å². The lowest BCUT2D eigenvalue weighted by molar-refractivity contribution is 0.455. The van der Waals surface area contributed by atoms with E-state index in [1.807, 2.05) is 30.3 Å². The number of hydrogen-bond donors (Lipinski definition) is 2. The number of nitrogen functional groups attached to an aromatic ring is 2. The van der Waals surface area contributed by atoms with Gasteiger partial charge in [0.15, 0.2) is 0 Å². The van der Waals surface area contributed by atoms with Crippen molar-refractivity contribution in [3.05, 3.63) is 54.6 Å². The Morgan fingerprint density at radius 2 is 1.67 bits per heavy atom. The zero-order valence-corrected chi connectivity index (χ0v) is 11.1. The second-order valence-electron chi connectivity index (χ2n) is 4.36. The van der Waals surface area contributed by atoms with Gasteiger partial charge in [0.05, 0.1) is 0 Å². The molecule has 0 aliphatic rings. The smallest absolute Gasteiger partial charge is 0.265 e. The summed E-state index contributed by atoms with van der Waals surface area (Å²) in [6.45, 7) is 0. The summed E-state index contributed by atoms with van der Waals surface area (Å²) in [5, 5.41) is 7.72. The fourth-order valence-electron chi connectivity index (χ4n) is 1.87. The molecule has 6 nitrogen and oxygen atoms in total. The molecule has 3 rings (SSSR count). The molecular weight excluding hydrogens is 266 g/mol. The first-order valence-corrected chi connectivity index (χ1v) is 6.31. The van der Waals surface area contributed by atoms with Crippen LogP contribution in [0.4, 0.5) is 11.6 Å². The molecule has 0 saturated carbocycles. The van der Waals surface area contributed by atoms with Gasteiger partial charge in [0.25, 0.3) is 5.88 Å². The normalized spacial score (nSPS) is 10.3. The van der Waals surface area contributed by atoms with Gasteiger partial charge < -0.3 is 16.2 Å². The summed E-state index contributed by atoms with van der Waals surface area (Å²) in [4.78, 5) is 4.21. The van der Waals surface area contributed by atoms with Crippen molar-refractivity contribution in [2.24, 2.45) is 0 Å². The lowest BCUT2D eigenvalue weighted by atomic mass is 10.1. The Morgan fingerprint density at radius 1 is 0.857 bits per heavy atom. The van der Waals surface area contributed by atoms with Gasteiger partial charge in [0, 0.05) is 17.3 Å². The van der Waals surface area contributed by atoms with Crippen molar-refractivity contribution in [3.63, 3.8) is 0 Å². The first kappa shape index (κ1) is 12.9. The molecule has 0 aliphatic heterocycles. The first-order valence-electron chi connectivity index (χ1n) is 6.31. The number of benzene rings is 2. The summed E-state index contributed by atoms with van der Waals surface area (Å²) >= 11 is 0. The second kappa shape index (κ2) is 5.46. The molecule has 0 unspecified atom stereocenters. The maximum atomic E-state index is 5.73. The van der Waals surface area contributed by atoms with Gasteiger partial charge in [-0.1, -0.05) is 36.4 Å². The molecule has 4 N–H and O–H groups in total. The number of nitrogens with zero attached hydrogens (tertiary/aromatic N) is 3. The van der Waals surface area contributed by atoms with Crippen LogP contribution in [0.25, 0.3) is 11.3 Å². The highest BCUT2D eigenvalue weighted by Crippen LogP contribution is 2.30. The van der Waals surface area contributed by atoms with Crippen LogP contribution in [0.3, 0.4) is 0 Å². The van der Waals surface area contributed by atoms with Crippen LogP contribution in [0.2, 0.25) is 0 Å². The van der Waals surface area contributed by atoms with Crippen molar-refractivity contribution >= 4 is 11.6 Å². The molecule has 0 bridgehead atoms. The molecule has 0 saturated heterocycles. The van der Waals surface area contributed by atoms with E-state index >= 15 is 0 Å². The third-order valence-corrected chi connectivity index (χ3v) is 2.79. The highest BCUT2D eigenvalue weighted by molar-refractivity contribution is 5.65. The lowest BCUT2D eigenvalue weighted by Crippen LogP contribution is -2.02. The van der Waals surface area contributed by atoms with Crippen LogP contribution in [-0.4, -0.2) is 15.2 Å². The van der Waals surface area contributed by atoms with E-state index in [9.17, 15) is 0 Å². The molecule has 0 fully saturated rings. The lowest BCUT2D eigenvalue weighted by Gasteiger charge is -2.09. The Kier molecular flexibility index (Phi) is 3.34. The summed E-state index contributed by atoms with van der Waals surface area (Å²) in [5.41, 5.74) is 13.3. The second-order valence-corrected chi connectivity index (χ2v) is 4.36. The fraction of sp³-hybridized carbons (Fsp3) is 0. The Morgan fingerprint density at radius 3 is 2.43 bits per heavy atom. The predicted molar refractivity (Wildman–Crippen MR) is 80.6 cm³/mol. The molecule has 0 aliphatic carbocycles. The number of anilines is 2. The number of ether oxygens (including phenoxy) is 1. The average molecular weight is 279 g/mol. The van der Waals surface area contributed by atoms with E-state index in [0.29, 0.717) is 17.1 Å². The molecule has 21 heavy (non-hydrogen) atoms. The first-order chi connectivity index (χ1) is 10.2. The molecule has 1 heterocycles. The van der Waals surface area contributed by atoms with Crippen molar-refractivity contribution in [2.75, 3.05) is 11.5 Å². The van der Waals surface area contributed by atoms with Crippen molar-refractivity contribution in [1.82, 2.24) is 15.2 Å². The van der Waals surface area contributed by atoms with Crippen LogP contribution < -0.4 is 16.2 Å². The summed E-state index contributed by atoms with van der Waals surface area (Å²) in [6.07, 6.45) is 0. The number of hydrogen-bond acceptors (Lipinski definition) is 6. The SMILES string of the molecule is Nc1cccc(Oc2nnc(N)nc2-c2ccccc2)c1. The van der Waals surface area contributed by atoms with Crippen molar-refractivity contribution in [1.29, 1.82) is 0 Å². The van der Waals surface area contributed by atoms with Gasteiger partial charge in [-0.25, -0.2) is 4.98 Å². The monoisotopic (exact) mass is 279 g/mol.